The molecule has 1 aliphatic rings. The molecule has 2 amide bonds. The van der Waals surface area contributed by atoms with Gasteiger partial charge in [-0.1, -0.05) is 95.7 Å². The standard InChI is InChI=1S/C33H39ClN6O3S2/c1-45(42,43)39-27-16-14-26(15-17-27)30-31(34)44-32(37-30)38-33(41)40(22-20-36-28-13-8-19-35-23-28)21-18-29(24-9-4-2-5-10-24)25-11-6-3-7-12-25/h2-7,9-12,14-17,28-29,35-36,39H,8,13,18-23H2,1H3,(H,37,38,41)/t28-/m1/s1. The SMILES string of the molecule is CS(=O)(=O)Nc1ccc(-c2nc(NC(=O)N(CCN[C@@H]3CCCNC3)CCC(c3ccccc3)c3ccccc3)sc2Cl)cc1. The number of rotatable bonds is 13. The van der Waals surface area contributed by atoms with Crippen LogP contribution < -0.4 is 20.7 Å². The molecule has 4 N–H and O–H groups in total. The van der Waals surface area contributed by atoms with Gasteiger partial charge in [-0.3, -0.25) is 10.0 Å². The summed E-state index contributed by atoms with van der Waals surface area (Å²) in [5.41, 5.74) is 4.11. The van der Waals surface area contributed by atoms with E-state index in [1.54, 1.807) is 24.3 Å². The average molecular weight is 667 g/mol. The summed E-state index contributed by atoms with van der Waals surface area (Å²) in [6, 6.07) is 27.8. The third-order valence-corrected chi connectivity index (χ3v) is 9.53. The number of hydrogen-bond acceptors (Lipinski definition) is 7. The average Bonchev–Trinajstić information content (AvgIpc) is 3.40. The van der Waals surface area contributed by atoms with Gasteiger partial charge in [0.1, 0.15) is 10.0 Å². The number of sulfonamides is 1. The second-order valence-corrected chi connectivity index (χ2v) is 14.5. The number of nitrogens with zero attached hydrogens (tertiary/aromatic N) is 2. The third kappa shape index (κ3) is 9.75. The van der Waals surface area contributed by atoms with E-state index in [1.807, 2.05) is 17.0 Å². The Balaban J connectivity index is 1.30. The molecule has 2 heterocycles. The first-order valence-electron chi connectivity index (χ1n) is 15.1. The smallest absolute Gasteiger partial charge is 0.323 e. The molecule has 238 valence electrons. The van der Waals surface area contributed by atoms with Crippen molar-refractivity contribution >= 4 is 49.8 Å². The summed E-state index contributed by atoms with van der Waals surface area (Å²) in [4.78, 5) is 20.2. The van der Waals surface area contributed by atoms with E-state index < -0.39 is 10.0 Å². The molecule has 0 aliphatic carbocycles. The third-order valence-electron chi connectivity index (χ3n) is 7.75. The molecular formula is C33H39ClN6O3S2. The van der Waals surface area contributed by atoms with Crippen LogP contribution in [0, 0.1) is 0 Å². The van der Waals surface area contributed by atoms with Crippen molar-refractivity contribution in [3.8, 4) is 11.3 Å². The molecule has 4 aromatic rings. The van der Waals surface area contributed by atoms with Gasteiger partial charge in [-0.2, -0.15) is 0 Å². The van der Waals surface area contributed by atoms with Crippen LogP contribution in [0.3, 0.4) is 0 Å². The van der Waals surface area contributed by atoms with E-state index in [0.717, 1.165) is 38.6 Å². The Kier molecular flexibility index (Phi) is 11.5. The van der Waals surface area contributed by atoms with Gasteiger partial charge in [0.25, 0.3) is 0 Å². The van der Waals surface area contributed by atoms with Crippen molar-refractivity contribution in [2.24, 2.45) is 0 Å². The molecule has 9 nitrogen and oxygen atoms in total. The minimum absolute atomic E-state index is 0.138. The summed E-state index contributed by atoms with van der Waals surface area (Å²) in [7, 11) is -3.39. The number of urea groups is 1. The van der Waals surface area contributed by atoms with Gasteiger partial charge in [0.15, 0.2) is 5.13 Å². The molecule has 1 saturated heterocycles. The number of piperidine rings is 1. The molecule has 0 radical (unpaired) electrons. The van der Waals surface area contributed by atoms with Gasteiger partial charge in [0, 0.05) is 49.4 Å². The first-order valence-corrected chi connectivity index (χ1v) is 18.2. The summed E-state index contributed by atoms with van der Waals surface area (Å²) in [6.07, 6.45) is 4.12. The van der Waals surface area contributed by atoms with Crippen LogP contribution in [0.15, 0.2) is 84.9 Å². The molecular weight excluding hydrogens is 628 g/mol. The van der Waals surface area contributed by atoms with Gasteiger partial charge >= 0.3 is 6.03 Å². The second kappa shape index (κ2) is 15.7. The normalized spacial score (nSPS) is 15.1. The van der Waals surface area contributed by atoms with Crippen LogP contribution in [0.25, 0.3) is 11.3 Å². The van der Waals surface area contributed by atoms with Gasteiger partial charge in [-0.15, -0.1) is 0 Å². The van der Waals surface area contributed by atoms with Crippen molar-refractivity contribution in [3.05, 3.63) is 100 Å². The van der Waals surface area contributed by atoms with Gasteiger partial charge < -0.3 is 15.5 Å². The van der Waals surface area contributed by atoms with Crippen molar-refractivity contribution in [2.75, 3.05) is 49.0 Å². The summed E-state index contributed by atoms with van der Waals surface area (Å²) < 4.78 is 26.0. The van der Waals surface area contributed by atoms with Crippen molar-refractivity contribution in [3.63, 3.8) is 0 Å². The Morgan fingerprint density at radius 2 is 1.69 bits per heavy atom. The topological polar surface area (TPSA) is 115 Å². The number of thiazole rings is 1. The number of carbonyl (C=O) groups is 1. The fraction of sp³-hybridized carbons (Fsp3) is 0.333. The van der Waals surface area contributed by atoms with Crippen LogP contribution in [0.2, 0.25) is 4.34 Å². The van der Waals surface area contributed by atoms with Crippen molar-refractivity contribution in [1.29, 1.82) is 0 Å². The lowest BCUT2D eigenvalue weighted by molar-refractivity contribution is 0.208. The molecule has 1 fully saturated rings. The Morgan fingerprint density at radius 3 is 2.29 bits per heavy atom. The maximum Gasteiger partial charge on any atom is 0.323 e. The summed E-state index contributed by atoms with van der Waals surface area (Å²) in [5.74, 6) is 0.138. The van der Waals surface area contributed by atoms with Crippen LogP contribution in [-0.4, -0.2) is 69.4 Å². The second-order valence-electron chi connectivity index (χ2n) is 11.2. The highest BCUT2D eigenvalue weighted by Gasteiger charge is 2.22. The number of carbonyl (C=O) groups excluding carboxylic acids is 1. The van der Waals surface area contributed by atoms with Crippen LogP contribution in [0.1, 0.15) is 36.3 Å². The van der Waals surface area contributed by atoms with E-state index in [4.69, 9.17) is 11.6 Å². The number of anilines is 2. The van der Waals surface area contributed by atoms with Gasteiger partial charge in [-0.05, 0) is 49.1 Å². The molecule has 0 spiro atoms. The zero-order valence-electron chi connectivity index (χ0n) is 25.2. The quantitative estimate of drug-likeness (QED) is 0.134. The van der Waals surface area contributed by atoms with Gasteiger partial charge in [0.2, 0.25) is 10.0 Å². The molecule has 5 rings (SSSR count). The highest BCUT2D eigenvalue weighted by Crippen LogP contribution is 2.36. The molecule has 12 heteroatoms. The zero-order valence-corrected chi connectivity index (χ0v) is 27.6. The molecule has 1 aromatic heterocycles. The number of aromatic nitrogens is 1. The van der Waals surface area contributed by atoms with E-state index in [-0.39, 0.29) is 11.9 Å². The Bertz CT molecular complexity index is 1590. The molecule has 1 atom stereocenters. The van der Waals surface area contributed by atoms with Crippen LogP contribution in [-0.2, 0) is 10.0 Å². The van der Waals surface area contributed by atoms with Crippen LogP contribution in [0.5, 0.6) is 0 Å². The van der Waals surface area contributed by atoms with E-state index in [2.05, 4.69) is 74.2 Å². The number of nitrogens with one attached hydrogen (secondary N) is 4. The Morgan fingerprint density at radius 1 is 1.02 bits per heavy atom. The first-order chi connectivity index (χ1) is 21.7. The number of benzene rings is 3. The van der Waals surface area contributed by atoms with Gasteiger partial charge in [-0.25, -0.2) is 18.2 Å². The predicted octanol–water partition coefficient (Wildman–Crippen LogP) is 6.23. The minimum atomic E-state index is -3.39. The largest absolute Gasteiger partial charge is 0.323 e. The van der Waals surface area contributed by atoms with Crippen molar-refractivity contribution in [1.82, 2.24) is 20.5 Å². The number of halogens is 1. The Hall–Kier alpha value is -3.48. The molecule has 45 heavy (non-hydrogen) atoms. The highest BCUT2D eigenvalue weighted by molar-refractivity contribution is 7.92. The fourth-order valence-corrected chi connectivity index (χ4v) is 7.18. The fourth-order valence-electron chi connectivity index (χ4n) is 5.54. The molecule has 0 unspecified atom stereocenters. The maximum absolute atomic E-state index is 13.7. The first kappa shape index (κ1) is 32.9. The Labute approximate surface area is 274 Å². The summed E-state index contributed by atoms with van der Waals surface area (Å²) in [5, 5.41) is 10.4. The van der Waals surface area contributed by atoms with Crippen molar-refractivity contribution in [2.45, 2.75) is 31.2 Å². The maximum atomic E-state index is 13.7. The molecule has 1 aliphatic heterocycles. The molecule has 3 aromatic carbocycles. The van der Waals surface area contributed by atoms with Crippen LogP contribution in [0.4, 0.5) is 15.6 Å². The predicted molar refractivity (Wildman–Crippen MR) is 185 cm³/mol. The zero-order chi connectivity index (χ0) is 31.6. The number of hydrogen-bond donors (Lipinski definition) is 4. The lowest BCUT2D eigenvalue weighted by Gasteiger charge is -2.28. The lowest BCUT2D eigenvalue weighted by atomic mass is 9.88. The van der Waals surface area contributed by atoms with Crippen LogP contribution >= 0.6 is 22.9 Å². The lowest BCUT2D eigenvalue weighted by Crippen LogP contribution is -2.47. The molecule has 0 bridgehead atoms. The minimum Gasteiger partial charge on any atom is -0.323 e. The van der Waals surface area contributed by atoms with E-state index in [9.17, 15) is 13.2 Å². The monoisotopic (exact) mass is 666 g/mol. The number of amides is 2. The van der Waals surface area contributed by atoms with E-state index in [0.29, 0.717) is 52.1 Å². The summed E-state index contributed by atoms with van der Waals surface area (Å²) >= 11 is 7.75. The van der Waals surface area contributed by atoms with Crippen molar-refractivity contribution < 1.29 is 13.2 Å². The highest BCUT2D eigenvalue weighted by atomic mass is 35.5. The molecule has 0 saturated carbocycles. The van der Waals surface area contributed by atoms with Gasteiger partial charge in [0.05, 0.1) is 6.26 Å². The van der Waals surface area contributed by atoms with E-state index >= 15 is 0 Å². The summed E-state index contributed by atoms with van der Waals surface area (Å²) in [6.45, 7) is 3.75. The van der Waals surface area contributed by atoms with E-state index in [1.165, 1.54) is 22.5 Å².